The molecule has 2 aromatic heterocycles. The molecule has 0 amide bonds. The summed E-state index contributed by atoms with van der Waals surface area (Å²) < 4.78 is 15.1. The Hall–Kier alpha value is -4.11. The zero-order valence-corrected chi connectivity index (χ0v) is 21.7. The molecule has 4 aromatic rings. The number of carbonyl (C=O) groups excluding carboxylic acids is 1. The van der Waals surface area contributed by atoms with Crippen molar-refractivity contribution in [3.05, 3.63) is 72.2 Å². The van der Waals surface area contributed by atoms with Crippen molar-refractivity contribution in [1.29, 1.82) is 0 Å². The Kier molecular flexibility index (Phi) is 7.74. The smallest absolute Gasteiger partial charge is 0.229 e. The van der Waals surface area contributed by atoms with Crippen LogP contribution in [0.4, 0.5) is 21.7 Å². The average molecular weight is 514 g/mol. The number of likely N-dealkylation sites (N-methyl/N-ethyl adjacent to an activating group) is 1. The van der Waals surface area contributed by atoms with Crippen molar-refractivity contribution in [2.45, 2.75) is 25.7 Å². The van der Waals surface area contributed by atoms with Gasteiger partial charge in [0, 0.05) is 43.0 Å². The minimum atomic E-state index is -0.427. The molecule has 5 rings (SSSR count). The van der Waals surface area contributed by atoms with Gasteiger partial charge in [0.05, 0.1) is 17.3 Å². The second kappa shape index (κ2) is 11.5. The number of halogens is 1. The molecule has 2 N–H and O–H groups in total. The molecule has 1 fully saturated rings. The first kappa shape index (κ1) is 25.5. The lowest BCUT2D eigenvalue weighted by molar-refractivity contribution is -0.114. The van der Waals surface area contributed by atoms with E-state index in [0.717, 1.165) is 24.5 Å². The number of carbonyl (C=O) groups is 1. The Labute approximate surface area is 221 Å². The maximum atomic E-state index is 15.1. The van der Waals surface area contributed by atoms with Crippen LogP contribution in [-0.4, -0.2) is 64.6 Å². The number of hydrogen-bond donors (Lipinski definition) is 2. The van der Waals surface area contributed by atoms with Gasteiger partial charge in [0.25, 0.3) is 0 Å². The van der Waals surface area contributed by atoms with E-state index in [-0.39, 0.29) is 12.2 Å². The molecule has 0 bridgehead atoms. The molecule has 0 unspecified atom stereocenters. The van der Waals surface area contributed by atoms with Crippen LogP contribution < -0.4 is 10.2 Å². The Morgan fingerprint density at radius 1 is 1.13 bits per heavy atom. The zero-order valence-electron chi connectivity index (χ0n) is 21.7. The Balaban J connectivity index is 1.43. The number of rotatable bonds is 9. The molecule has 1 saturated heterocycles. The van der Waals surface area contributed by atoms with E-state index < -0.39 is 5.82 Å². The minimum Gasteiger partial charge on any atom is -0.371 e. The fourth-order valence-electron chi connectivity index (χ4n) is 4.68. The van der Waals surface area contributed by atoms with E-state index in [0.29, 0.717) is 40.3 Å². The summed E-state index contributed by atoms with van der Waals surface area (Å²) in [5.74, 6) is -0.139. The largest absolute Gasteiger partial charge is 0.371 e. The van der Waals surface area contributed by atoms with Gasteiger partial charge in [-0.3, -0.25) is 9.89 Å². The maximum Gasteiger partial charge on any atom is 0.229 e. The van der Waals surface area contributed by atoms with Crippen LogP contribution in [0.25, 0.3) is 22.3 Å². The maximum absolute atomic E-state index is 15.1. The predicted molar refractivity (Wildman–Crippen MR) is 149 cm³/mol. The summed E-state index contributed by atoms with van der Waals surface area (Å²) in [6.07, 6.45) is 8.82. The molecule has 0 radical (unpaired) electrons. The van der Waals surface area contributed by atoms with E-state index in [9.17, 15) is 4.79 Å². The number of nitrogens with zero attached hydrogens (tertiary/aromatic N) is 5. The Bertz CT molecular complexity index is 1460. The summed E-state index contributed by atoms with van der Waals surface area (Å²) >= 11 is 0. The third-order valence-electron chi connectivity index (χ3n) is 6.57. The van der Waals surface area contributed by atoms with Crippen molar-refractivity contribution in [3.63, 3.8) is 0 Å². The molecule has 3 heterocycles. The summed E-state index contributed by atoms with van der Waals surface area (Å²) in [6, 6.07) is 12.9. The van der Waals surface area contributed by atoms with Crippen molar-refractivity contribution in [1.82, 2.24) is 25.1 Å². The highest BCUT2D eigenvalue weighted by Gasteiger charge is 2.17. The molecular weight excluding hydrogens is 481 g/mol. The second-order valence-corrected chi connectivity index (χ2v) is 9.87. The summed E-state index contributed by atoms with van der Waals surface area (Å²) in [7, 11) is 3.88. The van der Waals surface area contributed by atoms with E-state index in [2.05, 4.69) is 37.5 Å². The van der Waals surface area contributed by atoms with Gasteiger partial charge in [0.1, 0.15) is 5.82 Å². The molecule has 1 aliphatic rings. The summed E-state index contributed by atoms with van der Waals surface area (Å²) in [5.41, 5.74) is 3.92. The number of allylic oxidation sites excluding steroid dienone is 1. The van der Waals surface area contributed by atoms with Crippen molar-refractivity contribution in [3.8, 4) is 11.3 Å². The SMILES string of the molecule is CN(C)C/C=C/C(=O)Cc1ccc(F)c(-c2nc(Nc3cccc(N4CCCCC4)c3)nc3[nH]ncc23)c1. The highest BCUT2D eigenvalue weighted by Crippen LogP contribution is 2.31. The molecule has 0 atom stereocenters. The van der Waals surface area contributed by atoms with E-state index >= 15 is 4.39 Å². The first-order valence-electron chi connectivity index (χ1n) is 12.9. The van der Waals surface area contributed by atoms with Gasteiger partial charge in [-0.15, -0.1) is 0 Å². The predicted octanol–water partition coefficient (Wildman–Crippen LogP) is 5.12. The molecule has 2 aromatic carbocycles. The van der Waals surface area contributed by atoms with Crippen LogP contribution in [0.3, 0.4) is 0 Å². The lowest BCUT2D eigenvalue weighted by atomic mass is 10.0. The molecule has 0 spiro atoms. The molecule has 1 aliphatic heterocycles. The number of benzene rings is 2. The monoisotopic (exact) mass is 513 g/mol. The molecule has 9 heteroatoms. The third kappa shape index (κ3) is 6.06. The van der Waals surface area contributed by atoms with Crippen molar-refractivity contribution in [2.75, 3.05) is 43.9 Å². The fourth-order valence-corrected chi connectivity index (χ4v) is 4.68. The van der Waals surface area contributed by atoms with Gasteiger partial charge in [-0.05, 0) is 75.3 Å². The summed E-state index contributed by atoms with van der Waals surface area (Å²) in [6.45, 7) is 2.78. The number of hydrogen-bond acceptors (Lipinski definition) is 7. The van der Waals surface area contributed by atoms with Crippen LogP contribution >= 0.6 is 0 Å². The van der Waals surface area contributed by atoms with Crippen LogP contribution in [-0.2, 0) is 11.2 Å². The topological polar surface area (TPSA) is 90.0 Å². The molecule has 0 aliphatic carbocycles. The number of fused-ring (bicyclic) bond motifs is 1. The first-order chi connectivity index (χ1) is 18.5. The quantitative estimate of drug-likeness (QED) is 0.300. The number of piperidine rings is 1. The number of H-pyrrole nitrogens is 1. The normalized spacial score (nSPS) is 14.1. The van der Waals surface area contributed by atoms with Gasteiger partial charge in [-0.25, -0.2) is 9.37 Å². The highest BCUT2D eigenvalue weighted by molar-refractivity contribution is 5.93. The van der Waals surface area contributed by atoms with Crippen LogP contribution in [0.1, 0.15) is 24.8 Å². The van der Waals surface area contributed by atoms with E-state index in [4.69, 9.17) is 4.98 Å². The van der Waals surface area contributed by atoms with Crippen LogP contribution in [0.5, 0.6) is 0 Å². The average Bonchev–Trinajstić information content (AvgIpc) is 3.39. The van der Waals surface area contributed by atoms with E-state index in [1.54, 1.807) is 24.4 Å². The Morgan fingerprint density at radius 3 is 2.79 bits per heavy atom. The Morgan fingerprint density at radius 2 is 1.97 bits per heavy atom. The lowest BCUT2D eigenvalue weighted by Crippen LogP contribution is -2.29. The molecule has 8 nitrogen and oxygen atoms in total. The fraction of sp³-hybridized carbons (Fsp3) is 0.310. The van der Waals surface area contributed by atoms with Crippen molar-refractivity contribution < 1.29 is 9.18 Å². The van der Waals surface area contributed by atoms with Crippen LogP contribution in [0, 0.1) is 5.82 Å². The zero-order chi connectivity index (χ0) is 26.5. The van der Waals surface area contributed by atoms with Gasteiger partial charge < -0.3 is 15.1 Å². The summed E-state index contributed by atoms with van der Waals surface area (Å²) in [4.78, 5) is 26.1. The van der Waals surface area contributed by atoms with Crippen LogP contribution in [0.2, 0.25) is 0 Å². The van der Waals surface area contributed by atoms with Gasteiger partial charge >= 0.3 is 0 Å². The van der Waals surface area contributed by atoms with Gasteiger partial charge in [0.2, 0.25) is 5.95 Å². The van der Waals surface area contributed by atoms with Gasteiger partial charge in [-0.1, -0.05) is 18.2 Å². The molecular formula is C29H32FN7O. The van der Waals surface area contributed by atoms with Gasteiger partial charge in [-0.2, -0.15) is 10.1 Å². The first-order valence-corrected chi connectivity index (χ1v) is 12.9. The number of aromatic nitrogens is 4. The number of ketones is 1. The number of anilines is 3. The van der Waals surface area contributed by atoms with E-state index in [1.807, 2.05) is 37.2 Å². The third-order valence-corrected chi connectivity index (χ3v) is 6.57. The molecule has 0 saturated carbocycles. The standard InChI is InChI=1S/C29H32FN7O/c1-36(2)13-7-10-23(38)16-20-11-12-26(30)24(17-20)27-25-19-31-35-28(25)34-29(33-27)32-21-8-6-9-22(18-21)37-14-4-3-5-15-37/h6-12,17-19H,3-5,13-16H2,1-2H3,(H2,31,32,33,34,35)/b10-7+. The molecule has 38 heavy (non-hydrogen) atoms. The second-order valence-electron chi connectivity index (χ2n) is 9.87. The number of aromatic amines is 1. The lowest BCUT2D eigenvalue weighted by Gasteiger charge is -2.29. The summed E-state index contributed by atoms with van der Waals surface area (Å²) in [5, 5.41) is 10.9. The van der Waals surface area contributed by atoms with Crippen molar-refractivity contribution >= 4 is 34.1 Å². The number of nitrogens with one attached hydrogen (secondary N) is 2. The van der Waals surface area contributed by atoms with E-state index in [1.165, 1.54) is 25.3 Å². The highest BCUT2D eigenvalue weighted by atomic mass is 19.1. The van der Waals surface area contributed by atoms with Crippen LogP contribution in [0.15, 0.2) is 60.8 Å². The van der Waals surface area contributed by atoms with Gasteiger partial charge in [0.15, 0.2) is 11.4 Å². The minimum absolute atomic E-state index is 0.0449. The molecule has 196 valence electrons. The van der Waals surface area contributed by atoms with Crippen molar-refractivity contribution in [2.24, 2.45) is 0 Å².